The molecule has 0 atom stereocenters. The van der Waals surface area contributed by atoms with Crippen LogP contribution in [0.15, 0.2) is 4.79 Å². The standard InChI is InChI=1S/C6H12N4O.C6H12N4.CH4/c1-6(2,3)10-5(11)9(4)7-8-10;1-5-7-8-9-10(5)6(2,3)4;/h1-4H3;1-4H3;1H4. The minimum atomic E-state index is -0.286. The van der Waals surface area contributed by atoms with Crippen LogP contribution < -0.4 is 5.69 Å². The zero-order valence-corrected chi connectivity index (χ0v) is 14.0. The Morgan fingerprint density at radius 1 is 0.864 bits per heavy atom. The topological polar surface area (TPSA) is 96.3 Å². The van der Waals surface area contributed by atoms with E-state index in [-0.39, 0.29) is 24.2 Å². The zero-order chi connectivity index (χ0) is 16.4. The summed E-state index contributed by atoms with van der Waals surface area (Å²) in [5.74, 6) is 0.854. The first-order valence-corrected chi connectivity index (χ1v) is 6.69. The highest BCUT2D eigenvalue weighted by atomic mass is 16.2. The second kappa shape index (κ2) is 6.80. The second-order valence-corrected chi connectivity index (χ2v) is 6.78. The molecule has 0 saturated carbocycles. The highest BCUT2D eigenvalue weighted by Crippen LogP contribution is 2.11. The van der Waals surface area contributed by atoms with Gasteiger partial charge in [0.15, 0.2) is 0 Å². The van der Waals surface area contributed by atoms with Gasteiger partial charge in [-0.1, -0.05) is 7.43 Å². The lowest BCUT2D eigenvalue weighted by Crippen LogP contribution is -2.35. The van der Waals surface area contributed by atoms with E-state index in [0.717, 1.165) is 5.82 Å². The molecule has 2 aromatic heterocycles. The molecule has 0 N–H and O–H groups in total. The lowest BCUT2D eigenvalue weighted by molar-refractivity contribution is 0.336. The molecule has 2 rings (SSSR count). The van der Waals surface area contributed by atoms with Gasteiger partial charge in [-0.3, -0.25) is 0 Å². The molecule has 22 heavy (non-hydrogen) atoms. The highest BCUT2D eigenvalue weighted by molar-refractivity contribution is 4.81. The lowest BCUT2D eigenvalue weighted by Gasteiger charge is -2.18. The molecule has 2 aromatic rings. The lowest BCUT2D eigenvalue weighted by atomic mass is 10.1. The molecular formula is C13H28N8O. The Kier molecular flexibility index (Phi) is 6.16. The number of hydrogen-bond acceptors (Lipinski definition) is 6. The van der Waals surface area contributed by atoms with Crippen LogP contribution in [0.1, 0.15) is 54.8 Å². The SMILES string of the molecule is C.Cc1nnnn1C(C)(C)C.Cn1nnn(C(C)(C)C)c1=O. The van der Waals surface area contributed by atoms with Crippen LogP contribution in [0.5, 0.6) is 0 Å². The molecule has 0 spiro atoms. The molecule has 0 aromatic carbocycles. The van der Waals surface area contributed by atoms with Gasteiger partial charge in [-0.15, -0.1) is 5.10 Å². The first kappa shape index (κ1) is 19.9. The first-order chi connectivity index (χ1) is 9.44. The molecule has 0 amide bonds. The van der Waals surface area contributed by atoms with E-state index in [2.05, 4.69) is 46.7 Å². The molecule has 0 aliphatic heterocycles. The molecule has 0 unspecified atom stereocenters. The summed E-state index contributed by atoms with van der Waals surface area (Å²) >= 11 is 0. The van der Waals surface area contributed by atoms with Crippen molar-refractivity contribution in [2.45, 2.75) is 67.0 Å². The van der Waals surface area contributed by atoms with Crippen LogP contribution in [0.4, 0.5) is 0 Å². The quantitative estimate of drug-likeness (QED) is 0.723. The normalized spacial score (nSPS) is 11.5. The largest absolute Gasteiger partial charge is 0.363 e. The number of rotatable bonds is 0. The third-order valence-corrected chi connectivity index (χ3v) is 2.62. The van der Waals surface area contributed by atoms with E-state index >= 15 is 0 Å². The minimum absolute atomic E-state index is 0. The molecule has 9 heteroatoms. The van der Waals surface area contributed by atoms with Crippen molar-refractivity contribution in [3.63, 3.8) is 0 Å². The summed E-state index contributed by atoms with van der Waals surface area (Å²) in [7, 11) is 1.58. The van der Waals surface area contributed by atoms with Gasteiger partial charge in [0.1, 0.15) is 5.82 Å². The number of aryl methyl sites for hydroxylation is 2. The molecule has 0 radical (unpaired) electrons. The molecule has 0 bridgehead atoms. The Balaban J connectivity index is 0.000000385. The van der Waals surface area contributed by atoms with Crippen molar-refractivity contribution in [2.75, 3.05) is 0 Å². The van der Waals surface area contributed by atoms with Crippen molar-refractivity contribution in [1.29, 1.82) is 0 Å². The van der Waals surface area contributed by atoms with Crippen molar-refractivity contribution < 1.29 is 0 Å². The van der Waals surface area contributed by atoms with Crippen LogP contribution >= 0.6 is 0 Å². The Bertz CT molecular complexity index is 638. The van der Waals surface area contributed by atoms with Gasteiger partial charge >= 0.3 is 5.69 Å². The summed E-state index contributed by atoms with van der Waals surface area (Å²) in [5.41, 5.74) is -0.476. The van der Waals surface area contributed by atoms with Gasteiger partial charge in [0.25, 0.3) is 0 Å². The van der Waals surface area contributed by atoms with Crippen LogP contribution in [-0.2, 0) is 18.1 Å². The van der Waals surface area contributed by atoms with Gasteiger partial charge in [0.2, 0.25) is 0 Å². The summed E-state index contributed by atoms with van der Waals surface area (Å²) < 4.78 is 4.37. The fourth-order valence-corrected chi connectivity index (χ4v) is 1.59. The predicted octanol–water partition coefficient (Wildman–Crippen LogP) is 1.10. The molecule has 0 saturated heterocycles. The molecule has 0 aliphatic carbocycles. The van der Waals surface area contributed by atoms with Crippen LogP contribution in [-0.4, -0.2) is 40.0 Å². The van der Waals surface area contributed by atoms with E-state index in [0.29, 0.717) is 0 Å². The second-order valence-electron chi connectivity index (χ2n) is 6.78. The van der Waals surface area contributed by atoms with Gasteiger partial charge in [-0.25, -0.2) is 9.48 Å². The predicted molar refractivity (Wildman–Crippen MR) is 84.5 cm³/mol. The van der Waals surface area contributed by atoms with Crippen LogP contribution in [0.2, 0.25) is 0 Å². The third kappa shape index (κ3) is 4.74. The maximum Gasteiger partial charge on any atom is 0.363 e. The zero-order valence-electron chi connectivity index (χ0n) is 14.0. The van der Waals surface area contributed by atoms with E-state index in [1.165, 1.54) is 9.36 Å². The van der Waals surface area contributed by atoms with E-state index in [1.807, 2.05) is 27.7 Å². The van der Waals surface area contributed by atoms with Crippen LogP contribution in [0.3, 0.4) is 0 Å². The fourth-order valence-electron chi connectivity index (χ4n) is 1.59. The smallest absolute Gasteiger partial charge is 0.244 e. The van der Waals surface area contributed by atoms with Gasteiger partial charge < -0.3 is 0 Å². The van der Waals surface area contributed by atoms with Crippen molar-refractivity contribution in [2.24, 2.45) is 7.05 Å². The van der Waals surface area contributed by atoms with Crippen molar-refractivity contribution in [3.8, 4) is 0 Å². The summed E-state index contributed by atoms with van der Waals surface area (Å²) in [5, 5.41) is 18.5. The summed E-state index contributed by atoms with van der Waals surface area (Å²) in [4.78, 5) is 11.2. The number of nitrogens with zero attached hydrogens (tertiary/aromatic N) is 8. The average Bonchev–Trinajstić information content (AvgIpc) is 2.86. The number of hydrogen-bond donors (Lipinski definition) is 0. The Morgan fingerprint density at radius 2 is 1.36 bits per heavy atom. The fraction of sp³-hybridized carbons (Fsp3) is 0.846. The Hall–Kier alpha value is -2.06. The van der Waals surface area contributed by atoms with E-state index in [4.69, 9.17) is 0 Å². The van der Waals surface area contributed by atoms with Gasteiger partial charge in [-0.05, 0) is 69.3 Å². The molecule has 2 heterocycles. The maximum atomic E-state index is 11.2. The van der Waals surface area contributed by atoms with Gasteiger partial charge in [0, 0.05) is 7.05 Å². The summed E-state index contributed by atoms with van der Waals surface area (Å²) in [6.45, 7) is 13.8. The van der Waals surface area contributed by atoms with Crippen molar-refractivity contribution >= 4 is 0 Å². The summed E-state index contributed by atoms with van der Waals surface area (Å²) in [6, 6.07) is 0. The van der Waals surface area contributed by atoms with Crippen molar-refractivity contribution in [3.05, 3.63) is 16.3 Å². The highest BCUT2D eigenvalue weighted by Gasteiger charge is 2.18. The average molecular weight is 312 g/mol. The molecular weight excluding hydrogens is 284 g/mol. The molecule has 9 nitrogen and oxygen atoms in total. The van der Waals surface area contributed by atoms with Crippen LogP contribution in [0, 0.1) is 6.92 Å². The Labute approximate surface area is 131 Å². The first-order valence-electron chi connectivity index (χ1n) is 6.69. The monoisotopic (exact) mass is 312 g/mol. The van der Waals surface area contributed by atoms with Crippen LogP contribution in [0.25, 0.3) is 0 Å². The van der Waals surface area contributed by atoms with Gasteiger partial charge in [-0.2, -0.15) is 9.36 Å². The molecule has 126 valence electrons. The van der Waals surface area contributed by atoms with E-state index < -0.39 is 0 Å². The van der Waals surface area contributed by atoms with E-state index in [1.54, 1.807) is 11.7 Å². The number of tetrazole rings is 2. The minimum Gasteiger partial charge on any atom is -0.244 e. The maximum absolute atomic E-state index is 11.2. The number of aromatic nitrogens is 8. The van der Waals surface area contributed by atoms with E-state index in [9.17, 15) is 4.79 Å². The third-order valence-electron chi connectivity index (χ3n) is 2.62. The molecule has 0 fully saturated rings. The van der Waals surface area contributed by atoms with Gasteiger partial charge in [0.05, 0.1) is 11.1 Å². The summed E-state index contributed by atoms with van der Waals surface area (Å²) in [6.07, 6.45) is 0. The molecule has 0 aliphatic rings. The van der Waals surface area contributed by atoms with Crippen molar-refractivity contribution in [1.82, 2.24) is 40.0 Å². The Morgan fingerprint density at radius 3 is 1.55 bits per heavy atom.